The van der Waals surface area contributed by atoms with Crippen molar-refractivity contribution in [2.75, 3.05) is 14.1 Å². The van der Waals surface area contributed by atoms with Gasteiger partial charge in [-0.25, -0.2) is 4.79 Å². The minimum Gasteiger partial charge on any atom is -0.388 e. The fourth-order valence-corrected chi connectivity index (χ4v) is 4.67. The third-order valence-electron chi connectivity index (χ3n) is 6.31. The number of carbonyl (C=O) groups is 1. The van der Waals surface area contributed by atoms with Crippen molar-refractivity contribution in [1.29, 1.82) is 0 Å². The van der Waals surface area contributed by atoms with Crippen LogP contribution in [0.25, 0.3) is 0 Å². The van der Waals surface area contributed by atoms with Crippen molar-refractivity contribution in [2.45, 2.75) is 96.0 Å². The molecule has 3 heterocycles. The second-order valence-corrected chi connectivity index (χ2v) is 9.67. The quantitative estimate of drug-likeness (QED) is 0.547. The first-order valence-electron chi connectivity index (χ1n) is 11.7. The Morgan fingerprint density at radius 1 is 1.21 bits per heavy atom. The van der Waals surface area contributed by atoms with E-state index in [-0.39, 0.29) is 36.6 Å². The number of aliphatic hydroxyl groups is 2. The summed E-state index contributed by atoms with van der Waals surface area (Å²) in [5, 5.41) is 21.1. The molecule has 0 aliphatic carbocycles. The average molecular weight is 480 g/mol. The van der Waals surface area contributed by atoms with Gasteiger partial charge in [-0.3, -0.25) is 9.36 Å². The van der Waals surface area contributed by atoms with Gasteiger partial charge >= 0.3 is 5.69 Å². The van der Waals surface area contributed by atoms with Crippen molar-refractivity contribution in [3.05, 3.63) is 40.1 Å². The third kappa shape index (κ3) is 6.18. The van der Waals surface area contributed by atoms with E-state index in [0.29, 0.717) is 18.5 Å². The normalized spacial score (nSPS) is 34.1. The van der Waals surface area contributed by atoms with Crippen LogP contribution in [0, 0.1) is 0 Å². The first-order valence-corrected chi connectivity index (χ1v) is 11.7. The Labute approximate surface area is 200 Å². The van der Waals surface area contributed by atoms with Crippen LogP contribution in [0.3, 0.4) is 0 Å². The molecule has 0 radical (unpaired) electrons. The highest BCUT2D eigenvalue weighted by atomic mass is 16.7. The van der Waals surface area contributed by atoms with Crippen LogP contribution >= 0.6 is 0 Å². The molecule has 0 saturated carbocycles. The number of carbonyl (C=O) groups excluding carboxylic acids is 1. The van der Waals surface area contributed by atoms with Crippen molar-refractivity contribution in [1.82, 2.24) is 14.5 Å². The second kappa shape index (κ2) is 11.2. The zero-order valence-corrected chi connectivity index (χ0v) is 20.7. The van der Waals surface area contributed by atoms with E-state index in [9.17, 15) is 19.8 Å². The van der Waals surface area contributed by atoms with E-state index in [4.69, 9.17) is 14.2 Å². The molecule has 0 aromatic carbocycles. The van der Waals surface area contributed by atoms with Crippen LogP contribution in [0.1, 0.15) is 52.5 Å². The minimum absolute atomic E-state index is 0.0712. The van der Waals surface area contributed by atoms with Gasteiger partial charge in [0.25, 0.3) is 0 Å². The summed E-state index contributed by atoms with van der Waals surface area (Å²) < 4.78 is 19.3. The fraction of sp³-hybridized carbons (Fsp3) is 0.708. The summed E-state index contributed by atoms with van der Waals surface area (Å²) >= 11 is 0. The highest BCUT2D eigenvalue weighted by molar-refractivity contribution is 5.91. The van der Waals surface area contributed by atoms with E-state index in [1.165, 1.54) is 10.6 Å². The molecular formula is C24H37N3O7. The summed E-state index contributed by atoms with van der Waals surface area (Å²) in [6.45, 7) is 7.35. The number of allylic oxidation sites excluding steroid dienone is 2. The van der Waals surface area contributed by atoms with Gasteiger partial charge in [0, 0.05) is 6.20 Å². The van der Waals surface area contributed by atoms with Gasteiger partial charge < -0.3 is 29.3 Å². The second-order valence-electron chi connectivity index (χ2n) is 9.67. The minimum atomic E-state index is -1.19. The molecule has 1 aromatic heterocycles. The lowest BCUT2D eigenvalue weighted by Crippen LogP contribution is -2.62. The van der Waals surface area contributed by atoms with Gasteiger partial charge in [0.1, 0.15) is 18.4 Å². The smallest absolute Gasteiger partial charge is 0.349 e. The predicted octanol–water partition coefficient (Wildman–Crippen LogP) is 0.801. The van der Waals surface area contributed by atoms with Crippen molar-refractivity contribution < 1.29 is 29.2 Å². The number of hydrogen-bond acceptors (Lipinski definition) is 9. The summed E-state index contributed by atoms with van der Waals surface area (Å²) in [6.07, 6.45) is -0.534. The number of aliphatic hydroxyl groups excluding tert-OH is 2. The molecule has 3 rings (SSSR count). The van der Waals surface area contributed by atoms with Crippen LogP contribution < -0.4 is 5.69 Å². The van der Waals surface area contributed by atoms with E-state index >= 15 is 0 Å². The summed E-state index contributed by atoms with van der Waals surface area (Å²) in [5.74, 6) is -0.101. The first-order chi connectivity index (χ1) is 16.0. The maximum atomic E-state index is 12.6. The topological polar surface area (TPSA) is 123 Å². The van der Waals surface area contributed by atoms with Gasteiger partial charge in [-0.2, -0.15) is 4.98 Å². The molecule has 190 valence electrons. The average Bonchev–Trinajstić information content (AvgIpc) is 2.72. The lowest BCUT2D eigenvalue weighted by molar-refractivity contribution is -0.310. The van der Waals surface area contributed by atoms with Crippen LogP contribution in [0.5, 0.6) is 0 Å². The van der Waals surface area contributed by atoms with E-state index < -0.39 is 30.4 Å². The molecule has 2 fully saturated rings. The van der Waals surface area contributed by atoms with Crippen LogP contribution in [-0.4, -0.2) is 87.4 Å². The van der Waals surface area contributed by atoms with Crippen LogP contribution in [0.2, 0.25) is 0 Å². The molecule has 1 aromatic rings. The highest BCUT2D eigenvalue weighted by Crippen LogP contribution is 2.32. The number of ketones is 1. The van der Waals surface area contributed by atoms with E-state index in [1.807, 2.05) is 46.7 Å². The number of hydrogen-bond donors (Lipinski definition) is 2. The Bertz CT molecular complexity index is 943. The fourth-order valence-electron chi connectivity index (χ4n) is 4.67. The molecule has 8 atom stereocenters. The largest absolute Gasteiger partial charge is 0.388 e. The lowest BCUT2D eigenvalue weighted by atomic mass is 9.96. The van der Waals surface area contributed by atoms with Gasteiger partial charge in [-0.1, -0.05) is 5.57 Å². The maximum Gasteiger partial charge on any atom is 0.349 e. The van der Waals surface area contributed by atoms with Gasteiger partial charge in [0.2, 0.25) is 0 Å². The first kappa shape index (κ1) is 26.7. The van der Waals surface area contributed by atoms with E-state index in [0.717, 1.165) is 5.57 Å². The number of likely N-dealkylation sites (N-methyl/N-ethyl adjacent to an activating group) is 1. The highest BCUT2D eigenvalue weighted by Gasteiger charge is 2.46. The van der Waals surface area contributed by atoms with Crippen molar-refractivity contribution in [3.8, 4) is 0 Å². The van der Waals surface area contributed by atoms with Gasteiger partial charge in [0.15, 0.2) is 12.1 Å². The molecule has 0 spiro atoms. The third-order valence-corrected chi connectivity index (χ3v) is 6.31. The zero-order valence-electron chi connectivity index (χ0n) is 20.7. The van der Waals surface area contributed by atoms with Gasteiger partial charge in [0.05, 0.1) is 36.5 Å². The zero-order chi connectivity index (χ0) is 25.2. The molecule has 2 saturated heterocycles. The Kier molecular flexibility index (Phi) is 8.77. The molecule has 34 heavy (non-hydrogen) atoms. The number of ether oxygens (including phenoxy) is 3. The summed E-state index contributed by atoms with van der Waals surface area (Å²) in [6, 6.07) is 1.31. The molecule has 2 aliphatic heterocycles. The van der Waals surface area contributed by atoms with E-state index in [1.54, 1.807) is 12.3 Å². The van der Waals surface area contributed by atoms with Crippen molar-refractivity contribution >= 4 is 5.78 Å². The molecular weight excluding hydrogens is 442 g/mol. The monoisotopic (exact) mass is 479 g/mol. The van der Waals surface area contributed by atoms with Crippen molar-refractivity contribution in [3.63, 3.8) is 0 Å². The molecule has 10 nitrogen and oxygen atoms in total. The van der Waals surface area contributed by atoms with Gasteiger partial charge in [-0.15, -0.1) is 0 Å². The SMILES string of the molecule is CC(C)=CC(=O)Cc1ccn(C2CCC(OC3OC(C)C(N(C)C)C(O)C3O)C(C)O2)c(=O)n1. The number of nitrogens with zero attached hydrogens (tertiary/aromatic N) is 3. The Morgan fingerprint density at radius 3 is 2.50 bits per heavy atom. The molecule has 2 N–H and O–H groups in total. The van der Waals surface area contributed by atoms with Crippen molar-refractivity contribution in [2.24, 2.45) is 0 Å². The molecule has 10 heteroatoms. The molecule has 2 aliphatic rings. The van der Waals surface area contributed by atoms with Crippen LogP contribution in [-0.2, 0) is 25.4 Å². The lowest BCUT2D eigenvalue weighted by Gasteiger charge is -2.46. The summed E-state index contributed by atoms with van der Waals surface area (Å²) in [7, 11) is 3.65. The maximum absolute atomic E-state index is 12.6. The summed E-state index contributed by atoms with van der Waals surface area (Å²) in [4.78, 5) is 30.4. The standard InChI is InChI=1S/C24H37N3O7/c1-13(2)11-17(28)12-16-9-10-27(24(31)25-16)19-8-7-18(14(3)32-19)34-23-22(30)21(29)20(26(5)6)15(4)33-23/h9-11,14-15,18-23,29-30H,7-8,12H2,1-6H3. The molecule has 0 amide bonds. The number of aromatic nitrogens is 2. The molecule has 0 bridgehead atoms. The van der Waals surface area contributed by atoms with E-state index in [2.05, 4.69) is 4.98 Å². The number of rotatable bonds is 7. The molecule has 8 unspecified atom stereocenters. The Morgan fingerprint density at radius 2 is 1.91 bits per heavy atom. The predicted molar refractivity (Wildman–Crippen MR) is 124 cm³/mol. The Balaban J connectivity index is 1.61. The van der Waals surface area contributed by atoms with Crippen LogP contribution in [0.4, 0.5) is 0 Å². The van der Waals surface area contributed by atoms with Crippen LogP contribution in [0.15, 0.2) is 28.7 Å². The Hall–Kier alpha value is -1.95. The van der Waals surface area contributed by atoms with Gasteiger partial charge in [-0.05, 0) is 66.8 Å². The summed E-state index contributed by atoms with van der Waals surface area (Å²) in [5.41, 5.74) is 0.838.